The van der Waals surface area contributed by atoms with Gasteiger partial charge in [-0.3, -0.25) is 9.59 Å². The molecule has 0 saturated carbocycles. The van der Waals surface area contributed by atoms with Gasteiger partial charge in [-0.2, -0.15) is 13.2 Å². The maximum atomic E-state index is 12.6. The molecule has 0 saturated heterocycles. The van der Waals surface area contributed by atoms with Crippen molar-refractivity contribution in [1.29, 1.82) is 0 Å². The van der Waals surface area contributed by atoms with E-state index in [1.54, 1.807) is 13.8 Å². The fourth-order valence-corrected chi connectivity index (χ4v) is 1.95. The highest BCUT2D eigenvalue weighted by Gasteiger charge is 2.35. The fraction of sp³-hybridized carbons (Fsp3) is 0.538. The number of halogens is 4. The smallest absolute Gasteiger partial charge is 0.329 e. The third-order valence-corrected chi connectivity index (χ3v) is 3.70. The van der Waals surface area contributed by atoms with Gasteiger partial charge < -0.3 is 16.0 Å². The van der Waals surface area contributed by atoms with E-state index in [1.807, 2.05) is 4.98 Å². The molecule has 1 aromatic rings. The molecule has 1 aromatic heterocycles. The average molecular weight is 342 g/mol. The van der Waals surface area contributed by atoms with Crippen LogP contribution in [0.3, 0.4) is 0 Å². The molecule has 5 nitrogen and oxygen atoms in total. The number of carbonyl (C=O) groups is 1. The van der Waals surface area contributed by atoms with Crippen LogP contribution in [0.15, 0.2) is 17.1 Å². The second-order valence-corrected chi connectivity index (χ2v) is 4.77. The molecular weight excluding hydrogens is 323 g/mol. The molecule has 0 bridgehead atoms. The molecule has 0 aliphatic carbocycles. The number of amides is 1. The van der Waals surface area contributed by atoms with Crippen molar-refractivity contribution < 1.29 is 18.0 Å². The van der Waals surface area contributed by atoms with Crippen LogP contribution in [0.1, 0.15) is 32.3 Å². The number of carbonyl (C=O) groups excluding carboxylic acids is 1. The molecule has 1 rings (SSSR count). The van der Waals surface area contributed by atoms with Gasteiger partial charge in [0.15, 0.2) is 0 Å². The zero-order chi connectivity index (χ0) is 16.3. The molecule has 22 heavy (non-hydrogen) atoms. The zero-order valence-electron chi connectivity index (χ0n) is 12.2. The van der Waals surface area contributed by atoms with E-state index in [2.05, 4.69) is 5.32 Å². The van der Waals surface area contributed by atoms with Crippen LogP contribution >= 0.6 is 12.4 Å². The SMILES string of the molecule is CCC(CC)(CN)C(=O)Nc1cc(C(F)(F)F)c[nH]c1=O.Cl. The van der Waals surface area contributed by atoms with Crippen LogP contribution < -0.4 is 16.6 Å². The van der Waals surface area contributed by atoms with E-state index in [1.165, 1.54) is 0 Å². The van der Waals surface area contributed by atoms with Gasteiger partial charge in [-0.05, 0) is 18.9 Å². The van der Waals surface area contributed by atoms with Gasteiger partial charge in [0.1, 0.15) is 5.69 Å². The van der Waals surface area contributed by atoms with Crippen molar-refractivity contribution in [3.05, 3.63) is 28.2 Å². The van der Waals surface area contributed by atoms with E-state index in [-0.39, 0.29) is 19.0 Å². The van der Waals surface area contributed by atoms with Crippen molar-refractivity contribution in [3.63, 3.8) is 0 Å². The van der Waals surface area contributed by atoms with Crippen LogP contribution in [0.4, 0.5) is 18.9 Å². The molecule has 0 unspecified atom stereocenters. The van der Waals surface area contributed by atoms with Crippen molar-refractivity contribution in [1.82, 2.24) is 4.98 Å². The molecule has 4 N–H and O–H groups in total. The lowest BCUT2D eigenvalue weighted by Crippen LogP contribution is -2.42. The lowest BCUT2D eigenvalue weighted by atomic mass is 9.81. The van der Waals surface area contributed by atoms with Crippen LogP contribution in [0.5, 0.6) is 0 Å². The van der Waals surface area contributed by atoms with Gasteiger partial charge in [0.05, 0.1) is 11.0 Å². The van der Waals surface area contributed by atoms with Gasteiger partial charge in [0.2, 0.25) is 5.91 Å². The predicted octanol–water partition coefficient (Wildman–Crippen LogP) is 2.52. The fourth-order valence-electron chi connectivity index (χ4n) is 1.95. The van der Waals surface area contributed by atoms with Crippen molar-refractivity contribution in [2.45, 2.75) is 32.9 Å². The molecule has 0 spiro atoms. The minimum absolute atomic E-state index is 0. The van der Waals surface area contributed by atoms with Crippen molar-refractivity contribution >= 4 is 24.0 Å². The first kappa shape index (κ1) is 20.5. The van der Waals surface area contributed by atoms with Crippen molar-refractivity contribution in [2.75, 3.05) is 11.9 Å². The number of nitrogens with two attached hydrogens (primary N) is 1. The Bertz CT molecular complexity index is 560. The number of nitrogens with one attached hydrogen (secondary N) is 2. The highest BCUT2D eigenvalue weighted by Crippen LogP contribution is 2.30. The first-order valence-electron chi connectivity index (χ1n) is 6.51. The Hall–Kier alpha value is -1.54. The first-order valence-corrected chi connectivity index (χ1v) is 6.51. The summed E-state index contributed by atoms with van der Waals surface area (Å²) in [6.45, 7) is 3.56. The topological polar surface area (TPSA) is 88.0 Å². The summed E-state index contributed by atoms with van der Waals surface area (Å²) in [4.78, 5) is 25.7. The van der Waals surface area contributed by atoms with Crippen LogP contribution in [0.25, 0.3) is 0 Å². The number of aromatic nitrogens is 1. The Morgan fingerprint density at radius 3 is 2.27 bits per heavy atom. The van der Waals surface area contributed by atoms with Crippen LogP contribution in [-0.2, 0) is 11.0 Å². The average Bonchev–Trinajstić information content (AvgIpc) is 2.42. The summed E-state index contributed by atoms with van der Waals surface area (Å²) in [6.07, 6.45) is -3.21. The number of H-pyrrole nitrogens is 1. The van der Waals surface area contributed by atoms with Crippen LogP contribution in [0, 0.1) is 5.41 Å². The van der Waals surface area contributed by atoms with Crippen LogP contribution in [0.2, 0.25) is 0 Å². The molecule has 1 amide bonds. The molecule has 0 aliphatic rings. The Balaban J connectivity index is 0.00000441. The third kappa shape index (κ3) is 4.23. The van der Waals surface area contributed by atoms with E-state index >= 15 is 0 Å². The maximum absolute atomic E-state index is 12.6. The summed E-state index contributed by atoms with van der Waals surface area (Å²) >= 11 is 0. The summed E-state index contributed by atoms with van der Waals surface area (Å²) in [6, 6.07) is 0.614. The van der Waals surface area contributed by atoms with Gasteiger partial charge >= 0.3 is 6.18 Å². The summed E-state index contributed by atoms with van der Waals surface area (Å²) in [5.41, 5.74) is 2.42. The van der Waals surface area contributed by atoms with Gasteiger partial charge in [0.25, 0.3) is 5.56 Å². The quantitative estimate of drug-likeness (QED) is 0.769. The predicted molar refractivity (Wildman–Crippen MR) is 80.0 cm³/mol. The monoisotopic (exact) mass is 341 g/mol. The minimum atomic E-state index is -4.61. The Kier molecular flexibility index (Phi) is 7.11. The number of rotatable bonds is 5. The number of hydrogen-bond donors (Lipinski definition) is 3. The molecule has 9 heteroatoms. The highest BCUT2D eigenvalue weighted by atomic mass is 35.5. The lowest BCUT2D eigenvalue weighted by Gasteiger charge is -2.28. The normalized spacial score (nSPS) is 11.7. The molecule has 0 radical (unpaired) electrons. The third-order valence-electron chi connectivity index (χ3n) is 3.70. The van der Waals surface area contributed by atoms with E-state index in [0.717, 1.165) is 0 Å². The van der Waals surface area contributed by atoms with E-state index in [4.69, 9.17) is 5.73 Å². The number of alkyl halides is 3. The minimum Gasteiger partial charge on any atom is -0.329 e. The zero-order valence-corrected chi connectivity index (χ0v) is 13.0. The second-order valence-electron chi connectivity index (χ2n) is 4.77. The molecule has 1 heterocycles. The Labute approximate surface area is 131 Å². The van der Waals surface area contributed by atoms with Gasteiger partial charge in [0, 0.05) is 12.7 Å². The summed E-state index contributed by atoms with van der Waals surface area (Å²) in [7, 11) is 0. The largest absolute Gasteiger partial charge is 0.417 e. The van der Waals surface area contributed by atoms with Gasteiger partial charge in [-0.1, -0.05) is 13.8 Å². The Morgan fingerprint density at radius 2 is 1.86 bits per heavy atom. The van der Waals surface area contributed by atoms with E-state index in [0.29, 0.717) is 25.1 Å². The summed E-state index contributed by atoms with van der Waals surface area (Å²) in [5, 5.41) is 2.25. The highest BCUT2D eigenvalue weighted by molar-refractivity contribution is 5.95. The molecule has 0 fully saturated rings. The number of hydrogen-bond acceptors (Lipinski definition) is 3. The van der Waals surface area contributed by atoms with Gasteiger partial charge in [-0.15, -0.1) is 12.4 Å². The standard InChI is InChI=1S/C13H18F3N3O2.ClH/c1-3-12(4-2,7-17)11(21)19-9-5-8(13(14,15)16)6-18-10(9)20;/h5-6H,3-4,7,17H2,1-2H3,(H,18,20)(H,19,21);1H. The van der Waals surface area contributed by atoms with E-state index < -0.39 is 34.3 Å². The Morgan fingerprint density at radius 1 is 1.32 bits per heavy atom. The number of aromatic amines is 1. The van der Waals surface area contributed by atoms with Gasteiger partial charge in [-0.25, -0.2) is 0 Å². The lowest BCUT2D eigenvalue weighted by molar-refractivity contribution is -0.137. The summed E-state index contributed by atoms with van der Waals surface area (Å²) < 4.78 is 37.8. The second kappa shape index (κ2) is 7.64. The molecular formula is C13H19ClF3N3O2. The van der Waals surface area contributed by atoms with Crippen molar-refractivity contribution in [2.24, 2.45) is 11.1 Å². The summed E-state index contributed by atoms with van der Waals surface area (Å²) in [5.74, 6) is -0.556. The molecule has 0 aliphatic heterocycles. The number of pyridine rings is 1. The first-order chi connectivity index (χ1) is 9.70. The molecule has 126 valence electrons. The molecule has 0 aromatic carbocycles. The maximum Gasteiger partial charge on any atom is 0.417 e. The van der Waals surface area contributed by atoms with E-state index in [9.17, 15) is 22.8 Å². The molecule has 0 atom stereocenters. The van der Waals surface area contributed by atoms with Crippen molar-refractivity contribution in [3.8, 4) is 0 Å². The van der Waals surface area contributed by atoms with Crippen LogP contribution in [-0.4, -0.2) is 17.4 Å². The number of anilines is 1.